The second-order valence-electron chi connectivity index (χ2n) is 2.78. The van der Waals surface area contributed by atoms with Crippen LogP contribution >= 0.6 is 0 Å². The molecule has 0 aromatic carbocycles. The van der Waals surface area contributed by atoms with Crippen molar-refractivity contribution in [3.05, 3.63) is 12.2 Å². The van der Waals surface area contributed by atoms with Crippen LogP contribution in [0.25, 0.3) is 0 Å². The molecule has 0 radical (unpaired) electrons. The van der Waals surface area contributed by atoms with E-state index in [0.29, 0.717) is 13.1 Å². The fraction of sp³-hybridized carbons (Fsp3) is 0.500. The van der Waals surface area contributed by atoms with E-state index in [4.69, 9.17) is 5.11 Å². The van der Waals surface area contributed by atoms with Gasteiger partial charge in [0.05, 0.1) is 5.92 Å². The lowest BCUT2D eigenvalue weighted by molar-refractivity contribution is -0.151. The molecule has 0 aromatic rings. The van der Waals surface area contributed by atoms with E-state index >= 15 is 0 Å². The van der Waals surface area contributed by atoms with Crippen LogP contribution in [0.4, 0.5) is 0 Å². The molecule has 1 N–H and O–H groups in total. The zero-order chi connectivity index (χ0) is 9.14. The Hall–Kier alpha value is -1.32. The predicted octanol–water partition coefficient (Wildman–Crippen LogP) is 0.106. The third-order valence-electron chi connectivity index (χ3n) is 1.85. The second-order valence-corrected chi connectivity index (χ2v) is 2.78. The van der Waals surface area contributed by atoms with Crippen LogP contribution in [0.3, 0.4) is 0 Å². The summed E-state index contributed by atoms with van der Waals surface area (Å²) in [5.74, 6) is -1.28. The molecule has 1 heterocycles. The minimum atomic E-state index is -0.820. The summed E-state index contributed by atoms with van der Waals surface area (Å²) in [5, 5.41) is 8.51. The molecule has 4 nitrogen and oxygen atoms in total. The summed E-state index contributed by atoms with van der Waals surface area (Å²) in [7, 11) is 0. The van der Waals surface area contributed by atoms with Gasteiger partial charge in [-0.3, -0.25) is 9.59 Å². The lowest BCUT2D eigenvalue weighted by Crippen LogP contribution is -2.52. The third-order valence-corrected chi connectivity index (χ3v) is 1.85. The van der Waals surface area contributed by atoms with E-state index < -0.39 is 5.97 Å². The molecule has 0 bridgehead atoms. The first-order chi connectivity index (χ1) is 5.65. The number of allylic oxidation sites excluding steroid dienone is 1. The fourth-order valence-electron chi connectivity index (χ4n) is 1.06. The maximum atomic E-state index is 11.0. The van der Waals surface area contributed by atoms with Crippen LogP contribution in [0.5, 0.6) is 0 Å². The summed E-state index contributed by atoms with van der Waals surface area (Å²) in [4.78, 5) is 22.9. The van der Waals surface area contributed by atoms with Gasteiger partial charge in [-0.15, -0.1) is 0 Å². The normalized spacial score (nSPS) is 17.9. The summed E-state index contributed by atoms with van der Waals surface area (Å²) in [6, 6.07) is 0. The Bertz CT molecular complexity index is 228. The molecule has 1 saturated heterocycles. The van der Waals surface area contributed by atoms with E-state index in [2.05, 4.69) is 0 Å². The number of hydrogen-bond acceptors (Lipinski definition) is 2. The number of nitrogens with zero attached hydrogens (tertiary/aromatic N) is 1. The van der Waals surface area contributed by atoms with Crippen molar-refractivity contribution in [2.45, 2.75) is 6.92 Å². The topological polar surface area (TPSA) is 57.6 Å². The van der Waals surface area contributed by atoms with Gasteiger partial charge < -0.3 is 10.0 Å². The molecule has 1 fully saturated rings. The van der Waals surface area contributed by atoms with E-state index in [1.54, 1.807) is 13.0 Å². The van der Waals surface area contributed by atoms with Crippen molar-refractivity contribution in [3.8, 4) is 0 Å². The molecular formula is C8H11NO3. The number of aliphatic carboxylic acids is 1. The van der Waals surface area contributed by atoms with Crippen molar-refractivity contribution in [2.75, 3.05) is 13.1 Å². The SMILES string of the molecule is C/C=C/C(=O)N1CC(C(=O)O)C1. The first-order valence-electron chi connectivity index (χ1n) is 3.79. The first-order valence-corrected chi connectivity index (χ1v) is 3.79. The molecule has 0 spiro atoms. The zero-order valence-corrected chi connectivity index (χ0v) is 6.86. The Morgan fingerprint density at radius 2 is 2.08 bits per heavy atom. The Morgan fingerprint density at radius 3 is 2.50 bits per heavy atom. The van der Waals surface area contributed by atoms with Crippen LogP contribution in [0, 0.1) is 5.92 Å². The number of likely N-dealkylation sites (tertiary alicyclic amines) is 1. The second kappa shape index (κ2) is 3.38. The highest BCUT2D eigenvalue weighted by Gasteiger charge is 2.34. The average molecular weight is 169 g/mol. The van der Waals surface area contributed by atoms with Crippen molar-refractivity contribution in [2.24, 2.45) is 5.92 Å². The molecule has 66 valence electrons. The Kier molecular flexibility index (Phi) is 2.47. The van der Waals surface area contributed by atoms with Crippen LogP contribution in [-0.4, -0.2) is 35.0 Å². The van der Waals surface area contributed by atoms with E-state index in [1.807, 2.05) is 0 Å². The van der Waals surface area contributed by atoms with Crippen molar-refractivity contribution in [1.82, 2.24) is 4.90 Å². The highest BCUT2D eigenvalue weighted by Crippen LogP contribution is 2.15. The maximum absolute atomic E-state index is 11.0. The van der Waals surface area contributed by atoms with Gasteiger partial charge in [-0.05, 0) is 13.0 Å². The lowest BCUT2D eigenvalue weighted by atomic mass is 10.0. The Labute approximate surface area is 70.5 Å². The summed E-state index contributed by atoms with van der Waals surface area (Å²) in [5.41, 5.74) is 0. The summed E-state index contributed by atoms with van der Waals surface area (Å²) in [6.45, 7) is 2.45. The minimum absolute atomic E-state index is 0.102. The number of hydrogen-bond donors (Lipinski definition) is 1. The van der Waals surface area contributed by atoms with Gasteiger partial charge in [0.25, 0.3) is 0 Å². The molecule has 12 heavy (non-hydrogen) atoms. The number of amides is 1. The Balaban J connectivity index is 2.34. The average Bonchev–Trinajstić information content (AvgIpc) is 1.82. The molecule has 0 atom stereocenters. The van der Waals surface area contributed by atoms with Crippen LogP contribution in [0.15, 0.2) is 12.2 Å². The van der Waals surface area contributed by atoms with Gasteiger partial charge >= 0.3 is 5.97 Å². The van der Waals surface area contributed by atoms with Gasteiger partial charge in [-0.25, -0.2) is 0 Å². The van der Waals surface area contributed by atoms with E-state index in [9.17, 15) is 9.59 Å². The van der Waals surface area contributed by atoms with Gasteiger partial charge in [0.1, 0.15) is 0 Å². The van der Waals surface area contributed by atoms with Crippen molar-refractivity contribution < 1.29 is 14.7 Å². The van der Waals surface area contributed by atoms with Crippen LogP contribution < -0.4 is 0 Å². The van der Waals surface area contributed by atoms with Gasteiger partial charge in [-0.1, -0.05) is 6.08 Å². The van der Waals surface area contributed by atoms with E-state index in [1.165, 1.54) is 11.0 Å². The first kappa shape index (κ1) is 8.77. The number of carbonyl (C=O) groups excluding carboxylic acids is 1. The van der Waals surface area contributed by atoms with Crippen molar-refractivity contribution >= 4 is 11.9 Å². The molecule has 0 saturated carbocycles. The molecule has 1 amide bonds. The van der Waals surface area contributed by atoms with Crippen molar-refractivity contribution in [1.29, 1.82) is 0 Å². The smallest absolute Gasteiger partial charge is 0.310 e. The monoisotopic (exact) mass is 169 g/mol. The summed E-state index contributed by atoms with van der Waals surface area (Å²) in [6.07, 6.45) is 3.09. The van der Waals surface area contributed by atoms with Crippen LogP contribution in [0.1, 0.15) is 6.92 Å². The fourth-order valence-corrected chi connectivity index (χ4v) is 1.06. The molecule has 1 aliphatic rings. The number of carboxylic acid groups (broad SMARTS) is 1. The predicted molar refractivity (Wildman–Crippen MR) is 42.5 cm³/mol. The molecule has 0 unspecified atom stereocenters. The largest absolute Gasteiger partial charge is 0.481 e. The van der Waals surface area contributed by atoms with E-state index in [0.717, 1.165) is 0 Å². The Morgan fingerprint density at radius 1 is 1.50 bits per heavy atom. The lowest BCUT2D eigenvalue weighted by Gasteiger charge is -2.35. The van der Waals surface area contributed by atoms with Gasteiger partial charge in [0.2, 0.25) is 5.91 Å². The third kappa shape index (κ3) is 1.64. The standard InChI is InChI=1S/C8H11NO3/c1-2-3-7(10)9-4-6(5-9)8(11)12/h2-3,6H,4-5H2,1H3,(H,11,12)/b3-2+. The molecule has 0 aliphatic carbocycles. The van der Waals surface area contributed by atoms with Gasteiger partial charge in [-0.2, -0.15) is 0 Å². The number of rotatable bonds is 2. The molecule has 0 aromatic heterocycles. The van der Waals surface area contributed by atoms with Crippen LogP contribution in [-0.2, 0) is 9.59 Å². The van der Waals surface area contributed by atoms with Crippen LogP contribution in [0.2, 0.25) is 0 Å². The van der Waals surface area contributed by atoms with Gasteiger partial charge in [0, 0.05) is 13.1 Å². The van der Waals surface area contributed by atoms with E-state index in [-0.39, 0.29) is 11.8 Å². The zero-order valence-electron chi connectivity index (χ0n) is 6.86. The van der Waals surface area contributed by atoms with Crippen molar-refractivity contribution in [3.63, 3.8) is 0 Å². The molecule has 1 rings (SSSR count). The minimum Gasteiger partial charge on any atom is -0.481 e. The molecule has 4 heteroatoms. The quantitative estimate of drug-likeness (QED) is 0.597. The maximum Gasteiger partial charge on any atom is 0.310 e. The van der Waals surface area contributed by atoms with Gasteiger partial charge in [0.15, 0.2) is 0 Å². The summed E-state index contributed by atoms with van der Waals surface area (Å²) < 4.78 is 0. The molecule has 1 aliphatic heterocycles. The highest BCUT2D eigenvalue weighted by molar-refractivity contribution is 5.89. The number of carboxylic acids is 1. The molecular weight excluding hydrogens is 158 g/mol. The highest BCUT2D eigenvalue weighted by atomic mass is 16.4. The number of carbonyl (C=O) groups is 2. The summed E-state index contributed by atoms with van der Waals surface area (Å²) >= 11 is 0.